The van der Waals surface area contributed by atoms with Crippen LogP contribution in [0.25, 0.3) is 11.1 Å². The van der Waals surface area contributed by atoms with E-state index >= 15 is 0 Å². The van der Waals surface area contributed by atoms with Crippen molar-refractivity contribution in [3.63, 3.8) is 0 Å². The van der Waals surface area contributed by atoms with Gasteiger partial charge < -0.3 is 10.0 Å². The summed E-state index contributed by atoms with van der Waals surface area (Å²) in [7, 11) is 0. The zero-order valence-electron chi connectivity index (χ0n) is 21.7. The molecule has 39 heavy (non-hydrogen) atoms. The molecule has 0 amide bonds. The van der Waals surface area contributed by atoms with E-state index in [4.69, 9.17) is 0 Å². The lowest BCUT2D eigenvalue weighted by Crippen LogP contribution is -2.47. The van der Waals surface area contributed by atoms with E-state index in [1.807, 2.05) is 6.07 Å². The van der Waals surface area contributed by atoms with Crippen LogP contribution in [0.15, 0.2) is 66.7 Å². The Labute approximate surface area is 233 Å². The Kier molecular flexibility index (Phi) is 9.52. The summed E-state index contributed by atoms with van der Waals surface area (Å²) in [5.41, 5.74) is 6.57. The monoisotopic (exact) mass is 555 g/mol. The first-order valence-corrected chi connectivity index (χ1v) is 13.3. The minimum atomic E-state index is -2.59. The van der Waals surface area contributed by atoms with Crippen molar-refractivity contribution < 1.29 is 23.1 Å². The number of likely N-dealkylation sites (tertiary alicyclic amines) is 1. The van der Waals surface area contributed by atoms with Crippen LogP contribution < -0.4 is 0 Å². The molecule has 1 aliphatic heterocycles. The molecule has 0 bridgehead atoms. The van der Waals surface area contributed by atoms with Crippen molar-refractivity contribution in [2.75, 3.05) is 26.3 Å². The van der Waals surface area contributed by atoms with E-state index in [-0.39, 0.29) is 30.2 Å². The highest BCUT2D eigenvalue weighted by Crippen LogP contribution is 2.42. The maximum Gasteiger partial charge on any atom is 0.335 e. The van der Waals surface area contributed by atoms with E-state index in [1.165, 1.54) is 11.6 Å². The highest BCUT2D eigenvalue weighted by atomic mass is 35.5. The van der Waals surface area contributed by atoms with Gasteiger partial charge in [-0.1, -0.05) is 54.6 Å². The van der Waals surface area contributed by atoms with Gasteiger partial charge in [0.15, 0.2) is 0 Å². The van der Waals surface area contributed by atoms with Crippen molar-refractivity contribution in [1.29, 1.82) is 0 Å². The molecule has 0 spiro atoms. The van der Waals surface area contributed by atoms with Gasteiger partial charge in [-0.05, 0) is 89.1 Å². The topological polar surface area (TPSA) is 40.5 Å². The fraction of sp³-hybridized carbons (Fsp3) is 0.344. The largest absolute Gasteiger partial charge is 0.478 e. The third-order valence-electron chi connectivity index (χ3n) is 7.72. The van der Waals surface area contributed by atoms with Gasteiger partial charge in [0.2, 0.25) is 0 Å². The Morgan fingerprint density at radius 2 is 1.72 bits per heavy atom. The lowest BCUT2D eigenvalue weighted by molar-refractivity contribution is 0.0696. The number of aryl methyl sites for hydroxylation is 1. The van der Waals surface area contributed by atoms with Crippen LogP contribution in [0.5, 0.6) is 0 Å². The predicted molar refractivity (Wildman–Crippen MR) is 152 cm³/mol. The smallest absolute Gasteiger partial charge is 0.335 e. The maximum absolute atomic E-state index is 14.1. The van der Waals surface area contributed by atoms with Gasteiger partial charge in [-0.25, -0.2) is 13.6 Å². The van der Waals surface area contributed by atoms with Gasteiger partial charge in [0, 0.05) is 25.2 Å². The van der Waals surface area contributed by atoms with Crippen molar-refractivity contribution >= 4 is 29.5 Å². The van der Waals surface area contributed by atoms with Crippen LogP contribution in [0.4, 0.5) is 13.2 Å². The van der Waals surface area contributed by atoms with Crippen molar-refractivity contribution in [1.82, 2.24) is 4.90 Å². The van der Waals surface area contributed by atoms with Crippen LogP contribution in [-0.4, -0.2) is 42.3 Å². The molecule has 1 saturated heterocycles. The van der Waals surface area contributed by atoms with E-state index in [0.29, 0.717) is 30.7 Å². The molecule has 3 aromatic carbocycles. The van der Waals surface area contributed by atoms with Gasteiger partial charge in [-0.15, -0.1) is 12.4 Å². The van der Waals surface area contributed by atoms with E-state index < -0.39 is 12.4 Å². The summed E-state index contributed by atoms with van der Waals surface area (Å²) in [4.78, 5) is 13.9. The number of aromatic carboxylic acids is 1. The first-order chi connectivity index (χ1) is 18.4. The number of hydrogen-bond donors (Lipinski definition) is 1. The highest BCUT2D eigenvalue weighted by molar-refractivity contribution is 6.01. The molecule has 5 rings (SSSR count). The minimum absolute atomic E-state index is 0. The molecule has 1 aliphatic carbocycles. The third kappa shape index (κ3) is 6.39. The fourth-order valence-corrected chi connectivity index (χ4v) is 5.89. The molecule has 3 aromatic rings. The number of carboxylic acids is 1. The number of hydrogen-bond acceptors (Lipinski definition) is 2. The summed E-state index contributed by atoms with van der Waals surface area (Å²) in [6, 6.07) is 20.2. The quantitative estimate of drug-likeness (QED) is 0.292. The summed E-state index contributed by atoms with van der Waals surface area (Å²) in [5.74, 6) is -0.421. The second kappa shape index (κ2) is 12.8. The second-order valence-corrected chi connectivity index (χ2v) is 10.3. The van der Waals surface area contributed by atoms with E-state index in [9.17, 15) is 23.1 Å². The van der Waals surface area contributed by atoms with Crippen LogP contribution in [0.2, 0.25) is 0 Å². The molecule has 1 fully saturated rings. The number of benzene rings is 3. The Bertz CT molecular complexity index is 1330. The molecule has 2 aliphatic rings. The van der Waals surface area contributed by atoms with Crippen LogP contribution >= 0.6 is 12.4 Å². The Balaban J connectivity index is 0.00000353. The van der Waals surface area contributed by atoms with Crippen LogP contribution in [-0.2, 0) is 12.8 Å². The molecule has 0 radical (unpaired) electrons. The maximum atomic E-state index is 14.1. The number of carboxylic acid groups (broad SMARTS) is 1. The van der Waals surface area contributed by atoms with E-state index in [2.05, 4.69) is 29.2 Å². The van der Waals surface area contributed by atoms with Gasteiger partial charge in [0.05, 0.1) is 12.2 Å². The number of nitrogens with zero attached hydrogens (tertiary/aromatic N) is 1. The van der Waals surface area contributed by atoms with Gasteiger partial charge >= 0.3 is 5.97 Å². The number of halogens is 4. The van der Waals surface area contributed by atoms with E-state index in [1.54, 1.807) is 30.3 Å². The molecule has 206 valence electrons. The summed E-state index contributed by atoms with van der Waals surface area (Å²) >= 11 is 0. The fourth-order valence-electron chi connectivity index (χ4n) is 5.89. The summed E-state index contributed by atoms with van der Waals surface area (Å²) < 4.78 is 40.5. The molecule has 1 N–H and O–H groups in total. The molecule has 0 atom stereocenters. The van der Waals surface area contributed by atoms with Crippen molar-refractivity contribution in [2.24, 2.45) is 5.92 Å². The number of rotatable bonds is 9. The minimum Gasteiger partial charge on any atom is -0.478 e. The predicted octanol–water partition coefficient (Wildman–Crippen LogP) is 7.87. The van der Waals surface area contributed by atoms with Crippen molar-refractivity contribution in [3.8, 4) is 0 Å². The average Bonchev–Trinajstić information content (AvgIpc) is 3.09. The first kappa shape index (κ1) is 28.9. The van der Waals surface area contributed by atoms with Gasteiger partial charge in [-0.3, -0.25) is 4.39 Å². The van der Waals surface area contributed by atoms with Crippen molar-refractivity contribution in [2.45, 2.75) is 38.5 Å². The number of allylic oxidation sites excluding steroid dienone is 1. The number of carbonyl (C=O) groups is 1. The summed E-state index contributed by atoms with van der Waals surface area (Å²) in [6.07, 6.45) is 0.985. The highest BCUT2D eigenvalue weighted by Gasteiger charge is 2.27. The third-order valence-corrected chi connectivity index (χ3v) is 7.72. The molecule has 1 heterocycles. The zero-order valence-corrected chi connectivity index (χ0v) is 22.5. The molecule has 7 heteroatoms. The SMILES string of the molecule is Cl.O=C(O)c1ccc2c(c1)CCCC(c1ccccc1C(F)F)=C2c1ccc(CC2CN(CCCF)C2)cc1. The Morgan fingerprint density at radius 1 is 0.974 bits per heavy atom. The summed E-state index contributed by atoms with van der Waals surface area (Å²) in [5, 5.41) is 9.54. The van der Waals surface area contributed by atoms with Gasteiger partial charge in [0.1, 0.15) is 0 Å². The van der Waals surface area contributed by atoms with Gasteiger partial charge in [-0.2, -0.15) is 0 Å². The molecule has 0 saturated carbocycles. The molecular formula is C32H33ClF3NO2. The molecule has 0 unspecified atom stereocenters. The van der Waals surface area contributed by atoms with Crippen LogP contribution in [0, 0.1) is 5.92 Å². The Hall–Kier alpha value is -3.09. The summed E-state index contributed by atoms with van der Waals surface area (Å²) in [6.45, 7) is 2.51. The Morgan fingerprint density at radius 3 is 2.41 bits per heavy atom. The first-order valence-electron chi connectivity index (χ1n) is 13.3. The molecule has 3 nitrogen and oxygen atoms in total. The number of alkyl halides is 3. The van der Waals surface area contributed by atoms with Crippen LogP contribution in [0.1, 0.15) is 69.4 Å². The average molecular weight is 556 g/mol. The molecule has 0 aromatic heterocycles. The lowest BCUT2D eigenvalue weighted by atomic mass is 9.85. The number of fused-ring (bicyclic) bond motifs is 1. The van der Waals surface area contributed by atoms with Crippen LogP contribution in [0.3, 0.4) is 0 Å². The standard InChI is InChI=1S/C32H32F3NO2.ClH/c33-15-4-16-36-19-22(20-36)17-21-9-11-23(12-10-21)30-26-14-13-25(32(37)38)18-24(26)5-3-8-28(30)27-6-1-2-7-29(27)31(34)35;/h1-2,6-7,9-14,18,22,31H,3-5,8,15-17,19-20H2,(H,37,38);1H. The van der Waals surface area contributed by atoms with Gasteiger partial charge in [0.25, 0.3) is 6.43 Å². The molecular weight excluding hydrogens is 523 g/mol. The van der Waals surface area contributed by atoms with Crippen molar-refractivity contribution in [3.05, 3.63) is 106 Å². The lowest BCUT2D eigenvalue weighted by Gasteiger charge is -2.39. The second-order valence-electron chi connectivity index (χ2n) is 10.3. The normalized spacial score (nSPS) is 15.9. The zero-order chi connectivity index (χ0) is 26.6. The van der Waals surface area contributed by atoms with E-state index in [0.717, 1.165) is 60.3 Å².